The molecule has 6 nitrogen and oxygen atoms in total. The number of halogens is 1. The minimum absolute atomic E-state index is 0.191. The number of carbonyl (C=O) groups excluding carboxylic acids is 2. The molecule has 0 radical (unpaired) electrons. The standard InChI is InChI=1S/C18H19IN2O4/c1-11-6-12(2)8-14(7-11)25-10-17(22)20-21-18(23)13-4-5-16(24-3)15(19)9-13/h4-9H,10H2,1-3H3,(H,20,22)(H,21,23). The Hall–Kier alpha value is -2.29. The Morgan fingerprint density at radius 2 is 1.72 bits per heavy atom. The van der Waals surface area contributed by atoms with E-state index < -0.39 is 11.8 Å². The van der Waals surface area contributed by atoms with Crippen molar-refractivity contribution in [2.75, 3.05) is 13.7 Å². The lowest BCUT2D eigenvalue weighted by Crippen LogP contribution is -2.43. The van der Waals surface area contributed by atoms with Crippen LogP contribution in [0.2, 0.25) is 0 Å². The van der Waals surface area contributed by atoms with Crippen molar-refractivity contribution < 1.29 is 19.1 Å². The van der Waals surface area contributed by atoms with Crippen LogP contribution in [0.5, 0.6) is 11.5 Å². The van der Waals surface area contributed by atoms with Crippen LogP contribution < -0.4 is 20.3 Å². The average molecular weight is 454 g/mol. The summed E-state index contributed by atoms with van der Waals surface area (Å²) in [5.41, 5.74) is 7.22. The average Bonchev–Trinajstić information content (AvgIpc) is 2.57. The molecule has 0 bridgehead atoms. The van der Waals surface area contributed by atoms with Gasteiger partial charge in [0.2, 0.25) is 0 Å². The van der Waals surface area contributed by atoms with Gasteiger partial charge < -0.3 is 9.47 Å². The number of nitrogens with one attached hydrogen (secondary N) is 2. The molecule has 0 saturated heterocycles. The van der Waals surface area contributed by atoms with Crippen molar-refractivity contribution in [3.05, 3.63) is 56.7 Å². The van der Waals surface area contributed by atoms with E-state index in [1.807, 2.05) is 32.0 Å². The summed E-state index contributed by atoms with van der Waals surface area (Å²) in [5.74, 6) is 0.433. The molecule has 132 valence electrons. The topological polar surface area (TPSA) is 76.7 Å². The lowest BCUT2D eigenvalue weighted by Gasteiger charge is -2.10. The number of carbonyl (C=O) groups is 2. The third kappa shape index (κ3) is 5.63. The molecule has 0 atom stereocenters. The number of hydrazine groups is 1. The second-order valence-corrected chi connectivity index (χ2v) is 6.63. The fourth-order valence-electron chi connectivity index (χ4n) is 2.21. The first-order chi connectivity index (χ1) is 11.9. The molecule has 0 aliphatic heterocycles. The molecule has 0 unspecified atom stereocenters. The zero-order valence-electron chi connectivity index (χ0n) is 14.2. The van der Waals surface area contributed by atoms with E-state index in [0.29, 0.717) is 17.1 Å². The molecule has 2 amide bonds. The highest BCUT2D eigenvalue weighted by atomic mass is 127. The molecule has 7 heteroatoms. The predicted octanol–water partition coefficient (Wildman–Crippen LogP) is 2.76. The first-order valence-corrected chi connectivity index (χ1v) is 8.60. The summed E-state index contributed by atoms with van der Waals surface area (Å²) in [7, 11) is 1.56. The van der Waals surface area contributed by atoms with Crippen LogP contribution >= 0.6 is 22.6 Å². The zero-order valence-corrected chi connectivity index (χ0v) is 16.3. The second kappa shape index (κ2) is 8.70. The molecule has 0 heterocycles. The van der Waals surface area contributed by atoms with Crippen LogP contribution in [-0.4, -0.2) is 25.5 Å². The van der Waals surface area contributed by atoms with E-state index in [1.165, 1.54) is 0 Å². The summed E-state index contributed by atoms with van der Waals surface area (Å²) in [6, 6.07) is 10.7. The van der Waals surface area contributed by atoms with E-state index in [0.717, 1.165) is 14.7 Å². The maximum atomic E-state index is 12.1. The minimum Gasteiger partial charge on any atom is -0.496 e. The Kier molecular flexibility index (Phi) is 6.63. The normalized spacial score (nSPS) is 10.1. The van der Waals surface area contributed by atoms with Gasteiger partial charge >= 0.3 is 0 Å². The van der Waals surface area contributed by atoms with Crippen LogP contribution in [0, 0.1) is 17.4 Å². The van der Waals surface area contributed by atoms with Gasteiger partial charge in [-0.15, -0.1) is 0 Å². The quantitative estimate of drug-likeness (QED) is 0.538. The van der Waals surface area contributed by atoms with Gasteiger partial charge in [0, 0.05) is 5.56 Å². The minimum atomic E-state index is -0.448. The fraction of sp³-hybridized carbons (Fsp3) is 0.222. The van der Waals surface area contributed by atoms with Crippen molar-refractivity contribution in [1.29, 1.82) is 0 Å². The molecular formula is C18H19IN2O4. The highest BCUT2D eigenvalue weighted by Crippen LogP contribution is 2.21. The van der Waals surface area contributed by atoms with Crippen molar-refractivity contribution in [3.63, 3.8) is 0 Å². The maximum Gasteiger partial charge on any atom is 0.276 e. The van der Waals surface area contributed by atoms with Gasteiger partial charge in [0.25, 0.3) is 11.8 Å². The number of methoxy groups -OCH3 is 1. The van der Waals surface area contributed by atoms with Crippen molar-refractivity contribution in [2.45, 2.75) is 13.8 Å². The number of aryl methyl sites for hydroxylation is 2. The molecule has 25 heavy (non-hydrogen) atoms. The van der Waals surface area contributed by atoms with Gasteiger partial charge in [-0.25, -0.2) is 0 Å². The Morgan fingerprint density at radius 1 is 1.04 bits per heavy atom. The van der Waals surface area contributed by atoms with Crippen molar-refractivity contribution >= 4 is 34.4 Å². The number of ether oxygens (including phenoxy) is 2. The molecule has 0 aliphatic carbocycles. The van der Waals surface area contributed by atoms with Crippen LogP contribution in [0.3, 0.4) is 0 Å². The van der Waals surface area contributed by atoms with Gasteiger partial charge in [0.1, 0.15) is 11.5 Å². The van der Waals surface area contributed by atoms with Gasteiger partial charge in [-0.1, -0.05) is 6.07 Å². The second-order valence-electron chi connectivity index (χ2n) is 5.46. The van der Waals surface area contributed by atoms with Gasteiger partial charge in [-0.2, -0.15) is 0 Å². The zero-order chi connectivity index (χ0) is 18.4. The Morgan fingerprint density at radius 3 is 2.32 bits per heavy atom. The predicted molar refractivity (Wildman–Crippen MR) is 103 cm³/mol. The molecule has 2 N–H and O–H groups in total. The van der Waals surface area contributed by atoms with Crippen LogP contribution in [0.15, 0.2) is 36.4 Å². The lowest BCUT2D eigenvalue weighted by atomic mass is 10.1. The van der Waals surface area contributed by atoms with Crippen molar-refractivity contribution in [2.24, 2.45) is 0 Å². The van der Waals surface area contributed by atoms with E-state index in [-0.39, 0.29) is 6.61 Å². The molecule has 0 spiro atoms. The Balaban J connectivity index is 1.85. The van der Waals surface area contributed by atoms with Crippen LogP contribution in [0.4, 0.5) is 0 Å². The van der Waals surface area contributed by atoms with Gasteiger partial charge in [0.05, 0.1) is 10.7 Å². The third-order valence-electron chi connectivity index (χ3n) is 3.29. The lowest BCUT2D eigenvalue weighted by molar-refractivity contribution is -0.123. The molecule has 0 saturated carbocycles. The van der Waals surface area contributed by atoms with Crippen molar-refractivity contribution in [3.8, 4) is 11.5 Å². The Bertz CT molecular complexity index is 772. The largest absolute Gasteiger partial charge is 0.496 e. The number of benzene rings is 2. The number of amides is 2. The van der Waals surface area contributed by atoms with Crippen molar-refractivity contribution in [1.82, 2.24) is 10.9 Å². The Labute approximate surface area is 160 Å². The first-order valence-electron chi connectivity index (χ1n) is 7.53. The molecule has 0 aromatic heterocycles. The molecule has 2 rings (SSSR count). The highest BCUT2D eigenvalue weighted by molar-refractivity contribution is 14.1. The molecule has 2 aromatic carbocycles. The summed E-state index contributed by atoms with van der Waals surface area (Å²) in [4.78, 5) is 23.9. The molecule has 0 aliphatic rings. The van der Waals surface area contributed by atoms with E-state index in [4.69, 9.17) is 9.47 Å². The van der Waals surface area contributed by atoms with Crippen LogP contribution in [-0.2, 0) is 4.79 Å². The summed E-state index contributed by atoms with van der Waals surface area (Å²) >= 11 is 2.07. The van der Waals surface area contributed by atoms with E-state index >= 15 is 0 Å². The molecule has 2 aromatic rings. The smallest absolute Gasteiger partial charge is 0.276 e. The van der Waals surface area contributed by atoms with Gasteiger partial charge in [-0.3, -0.25) is 20.4 Å². The van der Waals surface area contributed by atoms with Gasteiger partial charge in [-0.05, 0) is 77.9 Å². The number of rotatable bonds is 5. The highest BCUT2D eigenvalue weighted by Gasteiger charge is 2.10. The maximum absolute atomic E-state index is 12.1. The fourth-order valence-corrected chi connectivity index (χ4v) is 2.94. The molecular weight excluding hydrogens is 435 g/mol. The van der Waals surface area contributed by atoms with Crippen LogP contribution in [0.1, 0.15) is 21.5 Å². The SMILES string of the molecule is COc1ccc(C(=O)NNC(=O)COc2cc(C)cc(C)c2)cc1I. The summed E-state index contributed by atoms with van der Waals surface area (Å²) in [6.45, 7) is 3.72. The molecule has 0 fully saturated rings. The van der Waals surface area contributed by atoms with E-state index in [2.05, 4.69) is 33.4 Å². The monoisotopic (exact) mass is 454 g/mol. The summed E-state index contributed by atoms with van der Waals surface area (Å²) in [5, 5.41) is 0. The summed E-state index contributed by atoms with van der Waals surface area (Å²) < 4.78 is 11.4. The van der Waals surface area contributed by atoms with Crippen LogP contribution in [0.25, 0.3) is 0 Å². The summed E-state index contributed by atoms with van der Waals surface area (Å²) in [6.07, 6.45) is 0. The number of hydrogen-bond acceptors (Lipinski definition) is 4. The van der Waals surface area contributed by atoms with Gasteiger partial charge in [0.15, 0.2) is 6.61 Å². The number of hydrogen-bond donors (Lipinski definition) is 2. The van der Waals surface area contributed by atoms with E-state index in [9.17, 15) is 9.59 Å². The third-order valence-corrected chi connectivity index (χ3v) is 4.14. The van der Waals surface area contributed by atoms with E-state index in [1.54, 1.807) is 25.3 Å². The first kappa shape index (κ1) is 19.0.